The molecule has 19 heavy (non-hydrogen) atoms. The summed E-state index contributed by atoms with van der Waals surface area (Å²) in [4.78, 5) is 0. The van der Waals surface area contributed by atoms with E-state index < -0.39 is 0 Å². The summed E-state index contributed by atoms with van der Waals surface area (Å²) in [6.45, 7) is 5.89. The molecule has 0 radical (unpaired) electrons. The van der Waals surface area contributed by atoms with E-state index in [1.54, 1.807) is 5.56 Å². The maximum atomic E-state index is 3.82. The molecule has 0 amide bonds. The van der Waals surface area contributed by atoms with E-state index >= 15 is 0 Å². The largest absolute Gasteiger partial charge is 0.313 e. The summed E-state index contributed by atoms with van der Waals surface area (Å²) in [5.74, 6) is 0.800. The maximum absolute atomic E-state index is 3.82. The van der Waals surface area contributed by atoms with Gasteiger partial charge in [0.1, 0.15) is 0 Å². The minimum absolute atomic E-state index is 0.592. The van der Waals surface area contributed by atoms with E-state index in [1.165, 1.54) is 50.6 Å². The van der Waals surface area contributed by atoms with Gasteiger partial charge in [-0.15, -0.1) is 0 Å². The highest BCUT2D eigenvalue weighted by Gasteiger charge is 2.33. The fraction of sp³-hybridized carbons (Fsp3) is 0.667. The van der Waals surface area contributed by atoms with Gasteiger partial charge in [-0.25, -0.2) is 0 Å². The van der Waals surface area contributed by atoms with Crippen molar-refractivity contribution in [2.24, 2.45) is 5.41 Å². The zero-order chi connectivity index (χ0) is 13.3. The first-order chi connectivity index (χ1) is 9.15. The highest BCUT2D eigenvalue weighted by atomic mass is 14.9. The third-order valence-corrected chi connectivity index (χ3v) is 5.28. The van der Waals surface area contributed by atoms with E-state index in [0.29, 0.717) is 5.41 Å². The highest BCUT2D eigenvalue weighted by Crippen LogP contribution is 2.40. The summed E-state index contributed by atoms with van der Waals surface area (Å²) >= 11 is 0. The lowest BCUT2D eigenvalue weighted by Gasteiger charge is -2.38. The fourth-order valence-corrected chi connectivity index (χ4v) is 3.78. The Bertz CT molecular complexity index is 425. The van der Waals surface area contributed by atoms with Crippen molar-refractivity contribution >= 4 is 0 Å². The SMILES string of the molecule is Cc1cccc(C2CC(NCC3(C)CCCC3)C2)c1. The number of rotatable bonds is 4. The molecular formula is C18H27N. The molecule has 0 atom stereocenters. The Hall–Kier alpha value is -0.820. The predicted molar refractivity (Wildman–Crippen MR) is 81.5 cm³/mol. The van der Waals surface area contributed by atoms with Gasteiger partial charge in [0.2, 0.25) is 0 Å². The van der Waals surface area contributed by atoms with E-state index in [0.717, 1.165) is 12.0 Å². The van der Waals surface area contributed by atoms with Crippen LogP contribution in [-0.2, 0) is 0 Å². The number of hydrogen-bond acceptors (Lipinski definition) is 1. The third kappa shape index (κ3) is 3.02. The molecule has 2 saturated carbocycles. The molecule has 0 aliphatic heterocycles. The predicted octanol–water partition coefficient (Wildman–Crippen LogP) is 4.41. The van der Waals surface area contributed by atoms with Gasteiger partial charge in [-0.2, -0.15) is 0 Å². The lowest BCUT2D eigenvalue weighted by molar-refractivity contribution is 0.234. The van der Waals surface area contributed by atoms with Gasteiger partial charge < -0.3 is 5.32 Å². The topological polar surface area (TPSA) is 12.0 Å². The van der Waals surface area contributed by atoms with Crippen LogP contribution in [0, 0.1) is 12.3 Å². The Labute approximate surface area is 117 Å². The summed E-state index contributed by atoms with van der Waals surface area (Å²) < 4.78 is 0. The molecule has 0 unspecified atom stereocenters. The summed E-state index contributed by atoms with van der Waals surface area (Å²) in [6.07, 6.45) is 8.39. The van der Waals surface area contributed by atoms with E-state index in [4.69, 9.17) is 0 Å². The van der Waals surface area contributed by atoms with E-state index in [9.17, 15) is 0 Å². The van der Waals surface area contributed by atoms with Gasteiger partial charge in [0.05, 0.1) is 0 Å². The maximum Gasteiger partial charge on any atom is 0.00789 e. The van der Waals surface area contributed by atoms with Crippen LogP contribution >= 0.6 is 0 Å². The minimum atomic E-state index is 0.592. The molecule has 1 nitrogen and oxygen atoms in total. The van der Waals surface area contributed by atoms with Crippen LogP contribution in [-0.4, -0.2) is 12.6 Å². The first-order valence-electron chi connectivity index (χ1n) is 7.95. The molecule has 0 aromatic heterocycles. The Balaban J connectivity index is 1.45. The molecule has 0 heterocycles. The standard InChI is InChI=1S/C18H27N/c1-14-6-5-7-15(10-14)16-11-17(12-16)19-13-18(2)8-3-4-9-18/h5-7,10,16-17,19H,3-4,8-9,11-13H2,1-2H3. The molecule has 2 aliphatic rings. The molecule has 0 saturated heterocycles. The van der Waals surface area contributed by atoms with Crippen molar-refractivity contribution in [1.29, 1.82) is 0 Å². The number of nitrogens with one attached hydrogen (secondary N) is 1. The van der Waals surface area contributed by atoms with Crippen molar-refractivity contribution in [2.75, 3.05) is 6.54 Å². The van der Waals surface area contributed by atoms with Crippen molar-refractivity contribution in [1.82, 2.24) is 5.32 Å². The summed E-state index contributed by atoms with van der Waals surface area (Å²) in [5, 5.41) is 3.82. The zero-order valence-electron chi connectivity index (χ0n) is 12.4. The summed E-state index contributed by atoms with van der Waals surface area (Å²) in [7, 11) is 0. The van der Waals surface area contributed by atoms with Gasteiger partial charge >= 0.3 is 0 Å². The quantitative estimate of drug-likeness (QED) is 0.842. The molecule has 2 fully saturated rings. The van der Waals surface area contributed by atoms with Crippen LogP contribution in [0.2, 0.25) is 0 Å². The lowest BCUT2D eigenvalue weighted by atomic mass is 9.75. The lowest BCUT2D eigenvalue weighted by Crippen LogP contribution is -2.44. The molecule has 1 aromatic rings. The van der Waals surface area contributed by atoms with Crippen molar-refractivity contribution in [3.05, 3.63) is 35.4 Å². The molecule has 1 heteroatoms. The second kappa shape index (κ2) is 5.28. The van der Waals surface area contributed by atoms with Crippen LogP contribution in [0.5, 0.6) is 0 Å². The molecule has 3 rings (SSSR count). The first kappa shape index (κ1) is 13.2. The molecule has 2 aliphatic carbocycles. The second-order valence-corrected chi connectivity index (χ2v) is 7.18. The number of aryl methyl sites for hydroxylation is 1. The van der Waals surface area contributed by atoms with Gasteiger partial charge in [0, 0.05) is 12.6 Å². The Morgan fingerprint density at radius 1 is 1.21 bits per heavy atom. The minimum Gasteiger partial charge on any atom is -0.313 e. The zero-order valence-corrected chi connectivity index (χ0v) is 12.4. The van der Waals surface area contributed by atoms with Gasteiger partial charge in [0.25, 0.3) is 0 Å². The second-order valence-electron chi connectivity index (χ2n) is 7.18. The molecule has 0 bridgehead atoms. The smallest absolute Gasteiger partial charge is 0.00789 e. The average Bonchev–Trinajstić information content (AvgIpc) is 2.74. The summed E-state index contributed by atoms with van der Waals surface area (Å²) in [6, 6.07) is 9.82. The fourth-order valence-electron chi connectivity index (χ4n) is 3.78. The van der Waals surface area contributed by atoms with E-state index in [-0.39, 0.29) is 0 Å². The van der Waals surface area contributed by atoms with Crippen molar-refractivity contribution < 1.29 is 0 Å². The normalized spacial score (nSPS) is 29.2. The number of benzene rings is 1. The highest BCUT2D eigenvalue weighted by molar-refractivity contribution is 5.27. The third-order valence-electron chi connectivity index (χ3n) is 5.28. The first-order valence-corrected chi connectivity index (χ1v) is 7.95. The molecular weight excluding hydrogens is 230 g/mol. The molecule has 0 spiro atoms. The molecule has 1 aromatic carbocycles. The van der Waals surface area contributed by atoms with Gasteiger partial charge in [-0.1, -0.05) is 49.6 Å². The van der Waals surface area contributed by atoms with E-state index in [2.05, 4.69) is 43.4 Å². The van der Waals surface area contributed by atoms with Crippen molar-refractivity contribution in [3.63, 3.8) is 0 Å². The Kier molecular flexibility index (Phi) is 3.66. The Morgan fingerprint density at radius 2 is 1.95 bits per heavy atom. The van der Waals surface area contributed by atoms with Crippen LogP contribution in [0.25, 0.3) is 0 Å². The van der Waals surface area contributed by atoms with Crippen LogP contribution < -0.4 is 5.32 Å². The van der Waals surface area contributed by atoms with Crippen LogP contribution in [0.4, 0.5) is 0 Å². The van der Waals surface area contributed by atoms with Gasteiger partial charge in [0.15, 0.2) is 0 Å². The van der Waals surface area contributed by atoms with Crippen LogP contribution in [0.3, 0.4) is 0 Å². The molecule has 1 N–H and O–H groups in total. The average molecular weight is 257 g/mol. The van der Waals surface area contributed by atoms with Crippen molar-refractivity contribution in [3.8, 4) is 0 Å². The Morgan fingerprint density at radius 3 is 2.63 bits per heavy atom. The van der Waals surface area contributed by atoms with Gasteiger partial charge in [-0.05, 0) is 49.5 Å². The molecule has 104 valence electrons. The van der Waals surface area contributed by atoms with E-state index in [1.807, 2.05) is 0 Å². The van der Waals surface area contributed by atoms with Gasteiger partial charge in [-0.3, -0.25) is 0 Å². The van der Waals surface area contributed by atoms with Crippen LogP contribution in [0.1, 0.15) is 62.5 Å². The number of hydrogen-bond donors (Lipinski definition) is 1. The van der Waals surface area contributed by atoms with Crippen molar-refractivity contribution in [2.45, 2.75) is 64.3 Å². The summed E-state index contributed by atoms with van der Waals surface area (Å²) in [5.41, 5.74) is 3.53. The monoisotopic (exact) mass is 257 g/mol. The van der Waals surface area contributed by atoms with Crippen LogP contribution in [0.15, 0.2) is 24.3 Å².